The van der Waals surface area contributed by atoms with Crippen molar-refractivity contribution in [3.05, 3.63) is 10.6 Å². The Morgan fingerprint density at radius 1 is 1.15 bits per heavy atom. The molecule has 0 bridgehead atoms. The molecule has 1 N–H and O–H groups in total. The Labute approximate surface area is 122 Å². The molecule has 108 valence electrons. The van der Waals surface area contributed by atoms with E-state index in [1.165, 1.54) is 24.2 Å². The fraction of sp³-hybridized carbons (Fsp3) is 0.714. The highest BCUT2D eigenvalue weighted by Crippen LogP contribution is 2.44. The van der Waals surface area contributed by atoms with Crippen molar-refractivity contribution in [3.8, 4) is 0 Å². The number of nitrogens with zero attached hydrogens (tertiary/aromatic N) is 3. The minimum atomic E-state index is -0.813. The molecule has 0 radical (unpaired) electrons. The molecule has 20 heavy (non-hydrogen) atoms. The summed E-state index contributed by atoms with van der Waals surface area (Å²) in [5.41, 5.74) is 0.835. The van der Waals surface area contributed by atoms with E-state index in [1.807, 2.05) is 0 Å². The Morgan fingerprint density at radius 2 is 1.85 bits per heavy atom. The number of carboxylic acid groups (broad SMARTS) is 1. The molecule has 2 saturated carbocycles. The van der Waals surface area contributed by atoms with Gasteiger partial charge in [0, 0.05) is 38.1 Å². The van der Waals surface area contributed by atoms with Gasteiger partial charge in [0.25, 0.3) is 0 Å². The Balaban J connectivity index is 1.50. The van der Waals surface area contributed by atoms with E-state index in [2.05, 4.69) is 14.8 Å². The molecule has 3 fully saturated rings. The maximum Gasteiger partial charge on any atom is 0.347 e. The molecule has 6 heteroatoms. The van der Waals surface area contributed by atoms with E-state index >= 15 is 0 Å². The third-order valence-electron chi connectivity index (χ3n) is 4.45. The van der Waals surface area contributed by atoms with Crippen molar-refractivity contribution < 1.29 is 9.90 Å². The van der Waals surface area contributed by atoms with Crippen LogP contribution in [0.1, 0.15) is 47.0 Å². The van der Waals surface area contributed by atoms with Gasteiger partial charge < -0.3 is 10.0 Å². The molecule has 5 nitrogen and oxygen atoms in total. The smallest absolute Gasteiger partial charge is 0.347 e. The van der Waals surface area contributed by atoms with Crippen molar-refractivity contribution in [3.63, 3.8) is 0 Å². The topological polar surface area (TPSA) is 56.7 Å². The van der Waals surface area contributed by atoms with Crippen LogP contribution in [0.2, 0.25) is 0 Å². The monoisotopic (exact) mass is 293 g/mol. The summed E-state index contributed by atoms with van der Waals surface area (Å²) in [4.78, 5) is 21.3. The number of hydrogen-bond donors (Lipinski definition) is 1. The lowest BCUT2D eigenvalue weighted by atomic mass is 10.2. The molecule has 4 rings (SSSR count). The number of anilines is 1. The predicted molar refractivity (Wildman–Crippen MR) is 77.9 cm³/mol. The molecule has 1 aromatic heterocycles. The minimum Gasteiger partial charge on any atom is -0.477 e. The van der Waals surface area contributed by atoms with Gasteiger partial charge in [-0.15, -0.1) is 0 Å². The number of hydrogen-bond acceptors (Lipinski definition) is 5. The Morgan fingerprint density at radius 3 is 2.40 bits per heavy atom. The summed E-state index contributed by atoms with van der Waals surface area (Å²) in [7, 11) is 0. The summed E-state index contributed by atoms with van der Waals surface area (Å²) in [5.74, 6) is -0.411. The molecule has 0 aromatic carbocycles. The Kier molecular flexibility index (Phi) is 2.96. The molecule has 3 aliphatic rings. The van der Waals surface area contributed by atoms with Crippen LogP contribution in [0.15, 0.2) is 0 Å². The predicted octanol–water partition coefficient (Wildman–Crippen LogP) is 2.00. The van der Waals surface area contributed by atoms with Gasteiger partial charge in [-0.05, 0) is 25.7 Å². The molecule has 0 amide bonds. The summed E-state index contributed by atoms with van der Waals surface area (Å²) >= 11 is 1.36. The molecule has 0 unspecified atom stereocenters. The molecule has 2 heterocycles. The van der Waals surface area contributed by atoms with Crippen LogP contribution in [0, 0.1) is 0 Å². The number of thiazole rings is 1. The zero-order valence-electron chi connectivity index (χ0n) is 11.4. The standard InChI is InChI=1S/C14H19N3O2S/c18-13(19)12-11(9-1-2-9)15-14(20-12)17-7-5-16(6-8-17)10-3-4-10/h9-10H,1-8H2,(H,18,19). The molecule has 0 atom stereocenters. The summed E-state index contributed by atoms with van der Waals surface area (Å²) in [6.45, 7) is 4.14. The van der Waals surface area contributed by atoms with Gasteiger partial charge in [0.15, 0.2) is 5.13 Å². The zero-order chi connectivity index (χ0) is 13.7. The zero-order valence-corrected chi connectivity index (χ0v) is 12.2. The fourth-order valence-corrected chi connectivity index (χ4v) is 4.00. The molecule has 0 spiro atoms. The van der Waals surface area contributed by atoms with Gasteiger partial charge in [-0.1, -0.05) is 11.3 Å². The summed E-state index contributed by atoms with van der Waals surface area (Å²) in [6.07, 6.45) is 4.90. The van der Waals surface area contributed by atoms with Gasteiger partial charge in [-0.3, -0.25) is 4.90 Å². The number of piperazine rings is 1. The van der Waals surface area contributed by atoms with E-state index in [4.69, 9.17) is 0 Å². The quantitative estimate of drug-likeness (QED) is 0.920. The second-order valence-electron chi connectivity index (χ2n) is 6.04. The van der Waals surface area contributed by atoms with E-state index in [-0.39, 0.29) is 0 Å². The van der Waals surface area contributed by atoms with Crippen LogP contribution in [0.5, 0.6) is 0 Å². The highest BCUT2D eigenvalue weighted by atomic mass is 32.1. The van der Waals surface area contributed by atoms with Crippen LogP contribution in [-0.4, -0.2) is 53.2 Å². The van der Waals surface area contributed by atoms with Crippen LogP contribution < -0.4 is 4.90 Å². The number of rotatable bonds is 4. The minimum absolute atomic E-state index is 0.402. The van der Waals surface area contributed by atoms with Crippen molar-refractivity contribution in [2.75, 3.05) is 31.1 Å². The third-order valence-corrected chi connectivity index (χ3v) is 5.57. The van der Waals surface area contributed by atoms with Gasteiger partial charge in [0.1, 0.15) is 4.88 Å². The molecular formula is C14H19N3O2S. The van der Waals surface area contributed by atoms with E-state index in [9.17, 15) is 9.90 Å². The van der Waals surface area contributed by atoms with Crippen molar-refractivity contribution >= 4 is 22.4 Å². The number of carbonyl (C=O) groups is 1. The largest absolute Gasteiger partial charge is 0.477 e. The van der Waals surface area contributed by atoms with Crippen LogP contribution in [0.25, 0.3) is 0 Å². The lowest BCUT2D eigenvalue weighted by Gasteiger charge is -2.34. The van der Waals surface area contributed by atoms with Crippen LogP contribution in [0.3, 0.4) is 0 Å². The summed E-state index contributed by atoms with van der Waals surface area (Å²) in [5, 5.41) is 10.2. The second kappa shape index (κ2) is 4.70. The highest BCUT2D eigenvalue weighted by molar-refractivity contribution is 7.17. The number of aromatic nitrogens is 1. The molecule has 1 aromatic rings. The number of carboxylic acids is 1. The van der Waals surface area contributed by atoms with Gasteiger partial charge in [-0.2, -0.15) is 0 Å². The average molecular weight is 293 g/mol. The van der Waals surface area contributed by atoms with E-state index < -0.39 is 5.97 Å². The molecule has 1 saturated heterocycles. The lowest BCUT2D eigenvalue weighted by Crippen LogP contribution is -2.47. The van der Waals surface area contributed by atoms with Crippen molar-refractivity contribution in [2.24, 2.45) is 0 Å². The maximum absolute atomic E-state index is 11.3. The van der Waals surface area contributed by atoms with Crippen molar-refractivity contribution in [2.45, 2.75) is 37.6 Å². The summed E-state index contributed by atoms with van der Waals surface area (Å²) in [6, 6.07) is 0.824. The molecule has 1 aliphatic heterocycles. The SMILES string of the molecule is O=C(O)c1sc(N2CCN(C3CC3)CC2)nc1C1CC1. The first-order chi connectivity index (χ1) is 9.72. The van der Waals surface area contributed by atoms with Crippen molar-refractivity contribution in [1.82, 2.24) is 9.88 Å². The van der Waals surface area contributed by atoms with Crippen LogP contribution in [0.4, 0.5) is 5.13 Å². The number of aromatic carboxylic acids is 1. The second-order valence-corrected chi connectivity index (χ2v) is 7.02. The van der Waals surface area contributed by atoms with Crippen LogP contribution >= 0.6 is 11.3 Å². The van der Waals surface area contributed by atoms with Crippen molar-refractivity contribution in [1.29, 1.82) is 0 Å². The van der Waals surface area contributed by atoms with E-state index in [0.29, 0.717) is 10.8 Å². The molecule has 2 aliphatic carbocycles. The first-order valence-electron chi connectivity index (χ1n) is 7.45. The normalized spacial score (nSPS) is 24.1. The first kappa shape index (κ1) is 12.6. The Hall–Kier alpha value is -1.14. The highest BCUT2D eigenvalue weighted by Gasteiger charge is 2.35. The van der Waals surface area contributed by atoms with Gasteiger partial charge in [-0.25, -0.2) is 9.78 Å². The molecular weight excluding hydrogens is 274 g/mol. The average Bonchev–Trinajstić information content (AvgIpc) is 3.36. The first-order valence-corrected chi connectivity index (χ1v) is 8.27. The Bertz CT molecular complexity index is 529. The van der Waals surface area contributed by atoms with Gasteiger partial charge in [0.05, 0.1) is 5.69 Å². The van der Waals surface area contributed by atoms with Gasteiger partial charge in [0.2, 0.25) is 0 Å². The summed E-state index contributed by atoms with van der Waals surface area (Å²) < 4.78 is 0. The lowest BCUT2D eigenvalue weighted by molar-refractivity contribution is 0.0700. The third kappa shape index (κ3) is 2.31. The van der Waals surface area contributed by atoms with Gasteiger partial charge >= 0.3 is 5.97 Å². The van der Waals surface area contributed by atoms with Crippen LogP contribution in [-0.2, 0) is 0 Å². The van der Waals surface area contributed by atoms with E-state index in [0.717, 1.165) is 55.9 Å². The fourth-order valence-electron chi connectivity index (χ4n) is 2.96. The van der Waals surface area contributed by atoms with E-state index in [1.54, 1.807) is 0 Å². The maximum atomic E-state index is 11.3.